The number of aliphatic hydroxyl groups excluding tert-OH is 2. The lowest BCUT2D eigenvalue weighted by Gasteiger charge is -2.45. The molecule has 0 bridgehead atoms. The van der Waals surface area contributed by atoms with E-state index in [9.17, 15) is 41.7 Å². The fourth-order valence-electron chi connectivity index (χ4n) is 7.32. The van der Waals surface area contributed by atoms with Gasteiger partial charge in [-0.3, -0.25) is 0 Å². The molecule has 9 heteroatoms. The minimum absolute atomic E-state index is 0.0933. The Morgan fingerprint density at radius 1 is 1.03 bits per heavy atom. The molecule has 0 aromatic rings. The van der Waals surface area contributed by atoms with E-state index in [4.69, 9.17) is 0 Å². The normalized spacial score (nSPS) is 35.6. The lowest BCUT2D eigenvalue weighted by atomic mass is 9.60. The van der Waals surface area contributed by atoms with Crippen molar-refractivity contribution in [3.05, 3.63) is 35.5 Å². The van der Waals surface area contributed by atoms with Crippen molar-refractivity contribution >= 4 is 0 Å². The number of allylic oxidation sites excluding steroid dienone is 3. The van der Waals surface area contributed by atoms with E-state index < -0.39 is 36.1 Å². The second kappa shape index (κ2) is 10.7. The second-order valence-corrected chi connectivity index (χ2v) is 11.9. The van der Waals surface area contributed by atoms with Crippen molar-refractivity contribution < 1.29 is 41.7 Å². The van der Waals surface area contributed by atoms with E-state index in [0.717, 1.165) is 44.6 Å². The third kappa shape index (κ3) is 5.69. The molecule has 0 saturated heterocycles. The van der Waals surface area contributed by atoms with Crippen LogP contribution in [0, 0.1) is 29.1 Å². The molecule has 3 saturated carbocycles. The highest BCUT2D eigenvalue weighted by Gasteiger charge is 2.72. The van der Waals surface area contributed by atoms with Gasteiger partial charge in [0.2, 0.25) is 0 Å². The van der Waals surface area contributed by atoms with E-state index >= 15 is 0 Å². The van der Waals surface area contributed by atoms with Crippen molar-refractivity contribution in [1.82, 2.24) is 0 Å². The van der Waals surface area contributed by atoms with E-state index in [-0.39, 0.29) is 42.4 Å². The average Bonchev–Trinajstić information content (AvgIpc) is 3.14. The predicted octanol–water partition coefficient (Wildman–Crippen LogP) is 7.04. The molecule has 3 nitrogen and oxygen atoms in total. The number of aliphatic hydroxyl groups is 3. The van der Waals surface area contributed by atoms with Crippen LogP contribution in [0.15, 0.2) is 35.5 Å². The van der Waals surface area contributed by atoms with Crippen molar-refractivity contribution in [2.24, 2.45) is 29.1 Å². The largest absolute Gasteiger partial charge is 0.426 e. The summed E-state index contributed by atoms with van der Waals surface area (Å²) in [6.45, 7) is 8.87. The van der Waals surface area contributed by atoms with Gasteiger partial charge in [0.1, 0.15) is 0 Å². The van der Waals surface area contributed by atoms with Crippen LogP contribution in [0.3, 0.4) is 0 Å². The monoisotopic (exact) mass is 538 g/mol. The fourth-order valence-corrected chi connectivity index (χ4v) is 7.32. The van der Waals surface area contributed by atoms with Crippen molar-refractivity contribution in [3.63, 3.8) is 0 Å². The molecule has 3 N–H and O–H groups in total. The van der Waals surface area contributed by atoms with Crippen LogP contribution >= 0.6 is 0 Å². The van der Waals surface area contributed by atoms with Crippen molar-refractivity contribution in [2.45, 2.75) is 109 Å². The van der Waals surface area contributed by atoms with E-state index in [1.54, 1.807) is 0 Å². The highest BCUT2D eigenvalue weighted by atomic mass is 19.4. The van der Waals surface area contributed by atoms with Gasteiger partial charge in [-0.05, 0) is 79.3 Å². The Hall–Kier alpha value is -1.32. The zero-order valence-electron chi connectivity index (χ0n) is 21.8. The summed E-state index contributed by atoms with van der Waals surface area (Å²) in [7, 11) is 0. The summed E-state index contributed by atoms with van der Waals surface area (Å²) in [4.78, 5) is 0. The van der Waals surface area contributed by atoms with Gasteiger partial charge in [0.05, 0.1) is 12.2 Å². The Balaban J connectivity index is 1.73. The number of alkyl halides is 6. The molecule has 7 unspecified atom stereocenters. The second-order valence-electron chi connectivity index (χ2n) is 11.9. The van der Waals surface area contributed by atoms with Crippen molar-refractivity contribution in [2.75, 3.05) is 0 Å². The topological polar surface area (TPSA) is 60.7 Å². The van der Waals surface area contributed by atoms with Gasteiger partial charge >= 0.3 is 12.4 Å². The van der Waals surface area contributed by atoms with Crippen LogP contribution in [-0.4, -0.2) is 45.5 Å². The van der Waals surface area contributed by atoms with Crippen LogP contribution in [-0.2, 0) is 0 Å². The Morgan fingerprint density at radius 2 is 1.65 bits per heavy atom. The highest BCUT2D eigenvalue weighted by molar-refractivity contribution is 5.38. The zero-order chi connectivity index (χ0) is 28.0. The molecule has 37 heavy (non-hydrogen) atoms. The zero-order valence-corrected chi connectivity index (χ0v) is 21.8. The smallest absolute Gasteiger partial charge is 0.393 e. The maximum Gasteiger partial charge on any atom is 0.426 e. The third-order valence-corrected chi connectivity index (χ3v) is 9.62. The highest BCUT2D eigenvalue weighted by Crippen LogP contribution is 2.60. The van der Waals surface area contributed by atoms with Gasteiger partial charge in [-0.15, -0.1) is 0 Å². The first kappa shape index (κ1) is 30.2. The molecule has 3 aliphatic rings. The molecule has 0 heterocycles. The lowest BCUT2D eigenvalue weighted by molar-refractivity contribution is -0.384. The molecule has 3 fully saturated rings. The number of hydrogen-bond donors (Lipinski definition) is 3. The van der Waals surface area contributed by atoms with E-state index in [1.807, 2.05) is 13.0 Å². The van der Waals surface area contributed by atoms with Crippen LogP contribution in [0.2, 0.25) is 0 Å². The Bertz CT molecular complexity index is 891. The summed E-state index contributed by atoms with van der Waals surface area (Å²) in [5.74, 6) is -1.69. The lowest BCUT2D eigenvalue weighted by Crippen LogP contribution is -2.61. The van der Waals surface area contributed by atoms with Gasteiger partial charge in [0.25, 0.3) is 5.60 Å². The number of halogens is 6. The van der Waals surface area contributed by atoms with Crippen LogP contribution in [0.25, 0.3) is 0 Å². The maximum absolute atomic E-state index is 13.3. The Labute approximate surface area is 215 Å². The standard InChI is InChI=1S/C28H40F6O3/c1-16(7-8-17(2)26(37,27(29,30)31)28(32,33)34)22-11-12-23-19(6-5-13-25(22,23)4)9-10-20-14-21(35)15-24(36)18(20)3/h9-10,16-17,21-24,35-37H,3,5-8,11-15H2,1-2,4H3. The molecule has 0 amide bonds. The summed E-state index contributed by atoms with van der Waals surface area (Å²) >= 11 is 0. The van der Waals surface area contributed by atoms with Gasteiger partial charge in [0.15, 0.2) is 0 Å². The Morgan fingerprint density at radius 3 is 2.24 bits per heavy atom. The maximum atomic E-state index is 13.3. The molecular weight excluding hydrogens is 498 g/mol. The van der Waals surface area contributed by atoms with E-state index in [2.05, 4.69) is 19.6 Å². The minimum Gasteiger partial charge on any atom is -0.393 e. The summed E-state index contributed by atoms with van der Waals surface area (Å²) in [6, 6.07) is 0. The predicted molar refractivity (Wildman–Crippen MR) is 129 cm³/mol. The SMILES string of the molecule is C=C1C(=CC=C2CCCC3(C)C2CCC3C(C)CCC(C)C(O)(C(F)(F)F)C(F)(F)F)CC(O)CC1O. The minimum atomic E-state index is -5.80. The van der Waals surface area contributed by atoms with Crippen LogP contribution in [0.5, 0.6) is 0 Å². The van der Waals surface area contributed by atoms with Crippen LogP contribution < -0.4 is 0 Å². The number of hydrogen-bond acceptors (Lipinski definition) is 3. The van der Waals surface area contributed by atoms with Gasteiger partial charge in [0, 0.05) is 12.3 Å². The molecule has 3 aliphatic carbocycles. The summed E-state index contributed by atoms with van der Waals surface area (Å²) in [5.41, 5.74) is -2.14. The average molecular weight is 539 g/mol. The van der Waals surface area contributed by atoms with Gasteiger partial charge in [-0.2, -0.15) is 26.3 Å². The van der Waals surface area contributed by atoms with Gasteiger partial charge in [-0.25, -0.2) is 0 Å². The summed E-state index contributed by atoms with van der Waals surface area (Å²) in [6.07, 6.45) is -3.96. The molecule has 0 aliphatic heterocycles. The first-order valence-electron chi connectivity index (χ1n) is 13.2. The van der Waals surface area contributed by atoms with Crippen molar-refractivity contribution in [1.29, 1.82) is 0 Å². The van der Waals surface area contributed by atoms with E-state index in [1.165, 1.54) is 5.57 Å². The molecule has 0 aromatic heterocycles. The summed E-state index contributed by atoms with van der Waals surface area (Å²) < 4.78 is 79.6. The van der Waals surface area contributed by atoms with Crippen LogP contribution in [0.1, 0.15) is 78.6 Å². The van der Waals surface area contributed by atoms with E-state index in [0.29, 0.717) is 12.0 Å². The molecule has 3 rings (SSSR count). The Kier molecular flexibility index (Phi) is 8.73. The fraction of sp³-hybridized carbons (Fsp3) is 0.786. The molecule has 212 valence electrons. The molecular formula is C28H40F6O3. The first-order valence-corrected chi connectivity index (χ1v) is 13.2. The number of rotatable bonds is 6. The molecule has 7 atom stereocenters. The van der Waals surface area contributed by atoms with Gasteiger partial charge < -0.3 is 15.3 Å². The molecule has 0 spiro atoms. The quantitative estimate of drug-likeness (QED) is 0.318. The molecule has 0 radical (unpaired) electrons. The summed E-state index contributed by atoms with van der Waals surface area (Å²) in [5, 5.41) is 29.8. The van der Waals surface area contributed by atoms with Gasteiger partial charge in [-0.1, -0.05) is 51.5 Å². The third-order valence-electron chi connectivity index (χ3n) is 9.62. The van der Waals surface area contributed by atoms with Crippen LogP contribution in [0.4, 0.5) is 26.3 Å². The first-order chi connectivity index (χ1) is 16.9. The number of fused-ring (bicyclic) bond motifs is 1. The van der Waals surface area contributed by atoms with Crippen molar-refractivity contribution in [3.8, 4) is 0 Å². The molecule has 0 aromatic carbocycles.